The zero-order valence-corrected chi connectivity index (χ0v) is 7.25. The van der Waals surface area contributed by atoms with Crippen molar-refractivity contribution >= 4 is 5.91 Å². The second kappa shape index (κ2) is 2.24. The van der Waals surface area contributed by atoms with Crippen molar-refractivity contribution in [2.75, 3.05) is 0 Å². The van der Waals surface area contributed by atoms with Gasteiger partial charge in [0.2, 0.25) is 5.91 Å². The summed E-state index contributed by atoms with van der Waals surface area (Å²) in [6, 6.07) is 0.555. The molecule has 4 unspecified atom stereocenters. The quantitative estimate of drug-likeness (QED) is 0.576. The highest BCUT2D eigenvalue weighted by atomic mass is 16.2. The highest BCUT2D eigenvalue weighted by Gasteiger charge is 2.45. The Hall–Kier alpha value is -0.530. The molecule has 2 heteroatoms. The van der Waals surface area contributed by atoms with Crippen LogP contribution in [0.4, 0.5) is 0 Å². The first-order valence-corrected chi connectivity index (χ1v) is 5.12. The molecule has 2 nitrogen and oxygen atoms in total. The fourth-order valence-corrected chi connectivity index (χ4v) is 3.24. The van der Waals surface area contributed by atoms with E-state index in [1.54, 1.807) is 0 Å². The molecule has 0 bridgehead atoms. The van der Waals surface area contributed by atoms with Crippen molar-refractivity contribution in [3.05, 3.63) is 0 Å². The number of carbonyl (C=O) groups excluding carboxylic acids is 1. The van der Waals surface area contributed by atoms with E-state index in [1.165, 1.54) is 25.7 Å². The van der Waals surface area contributed by atoms with Gasteiger partial charge in [-0.1, -0.05) is 0 Å². The SMILES string of the molecule is O=C1CC2CC3CCC3CC2N1. The van der Waals surface area contributed by atoms with Crippen LogP contribution in [-0.4, -0.2) is 11.9 Å². The minimum Gasteiger partial charge on any atom is -0.353 e. The zero-order chi connectivity index (χ0) is 8.13. The molecule has 3 fully saturated rings. The average Bonchev–Trinajstić information content (AvgIpc) is 2.34. The van der Waals surface area contributed by atoms with Crippen LogP contribution in [0.2, 0.25) is 0 Å². The Morgan fingerprint density at radius 2 is 1.83 bits per heavy atom. The van der Waals surface area contributed by atoms with Gasteiger partial charge < -0.3 is 5.32 Å². The molecule has 1 aliphatic heterocycles. The minimum atomic E-state index is 0.298. The summed E-state index contributed by atoms with van der Waals surface area (Å²) in [5, 5.41) is 3.10. The fraction of sp³-hybridized carbons (Fsp3) is 0.900. The van der Waals surface area contributed by atoms with E-state index in [0.29, 0.717) is 17.9 Å². The molecule has 1 heterocycles. The van der Waals surface area contributed by atoms with Gasteiger partial charge in [0, 0.05) is 12.5 Å². The molecule has 1 N–H and O–H groups in total. The maximum Gasteiger partial charge on any atom is 0.220 e. The Morgan fingerprint density at radius 1 is 1.08 bits per heavy atom. The van der Waals surface area contributed by atoms with Gasteiger partial charge in [0.25, 0.3) is 0 Å². The third-order valence-corrected chi connectivity index (χ3v) is 4.10. The number of fused-ring (bicyclic) bond motifs is 2. The fourth-order valence-electron chi connectivity index (χ4n) is 3.24. The Morgan fingerprint density at radius 3 is 2.58 bits per heavy atom. The van der Waals surface area contributed by atoms with E-state index < -0.39 is 0 Å². The van der Waals surface area contributed by atoms with Crippen LogP contribution < -0.4 is 5.32 Å². The van der Waals surface area contributed by atoms with Crippen molar-refractivity contribution in [3.8, 4) is 0 Å². The Kier molecular flexibility index (Phi) is 1.29. The molecule has 12 heavy (non-hydrogen) atoms. The number of hydrogen-bond donors (Lipinski definition) is 1. The van der Waals surface area contributed by atoms with E-state index in [0.717, 1.165) is 18.3 Å². The molecular formula is C10H15NO. The summed E-state index contributed by atoms with van der Waals surface area (Å²) in [6.45, 7) is 0. The van der Waals surface area contributed by atoms with Crippen LogP contribution in [0, 0.1) is 17.8 Å². The van der Waals surface area contributed by atoms with Crippen molar-refractivity contribution in [2.45, 2.75) is 38.1 Å². The summed E-state index contributed by atoms with van der Waals surface area (Å²) in [5.74, 6) is 2.94. The first-order valence-electron chi connectivity index (χ1n) is 5.12. The Labute approximate surface area is 72.7 Å². The maximum absolute atomic E-state index is 11.1. The van der Waals surface area contributed by atoms with Crippen LogP contribution in [0.1, 0.15) is 32.1 Å². The smallest absolute Gasteiger partial charge is 0.220 e. The van der Waals surface area contributed by atoms with Crippen molar-refractivity contribution in [3.63, 3.8) is 0 Å². The molecule has 1 amide bonds. The predicted molar refractivity (Wildman–Crippen MR) is 45.5 cm³/mol. The molecule has 0 aromatic rings. The molecule has 0 aromatic carbocycles. The van der Waals surface area contributed by atoms with Gasteiger partial charge in [0.1, 0.15) is 0 Å². The van der Waals surface area contributed by atoms with Crippen molar-refractivity contribution in [1.82, 2.24) is 5.32 Å². The van der Waals surface area contributed by atoms with E-state index in [9.17, 15) is 4.79 Å². The lowest BCUT2D eigenvalue weighted by molar-refractivity contribution is -0.119. The number of hydrogen-bond acceptors (Lipinski definition) is 1. The van der Waals surface area contributed by atoms with E-state index in [-0.39, 0.29) is 0 Å². The van der Waals surface area contributed by atoms with Crippen molar-refractivity contribution in [1.29, 1.82) is 0 Å². The molecule has 0 spiro atoms. The summed E-state index contributed by atoms with van der Waals surface area (Å²) < 4.78 is 0. The zero-order valence-electron chi connectivity index (χ0n) is 7.25. The molecule has 2 aliphatic carbocycles. The standard InChI is InChI=1S/C10H15NO/c12-10-5-8-3-6-1-2-7(6)4-9(8)11-10/h6-9H,1-5H2,(H,11,12). The summed E-state index contributed by atoms with van der Waals surface area (Å²) in [6.07, 6.45) is 6.27. The molecule has 3 aliphatic rings. The van der Waals surface area contributed by atoms with Gasteiger partial charge in [-0.3, -0.25) is 4.79 Å². The lowest BCUT2D eigenvalue weighted by Crippen LogP contribution is -2.42. The van der Waals surface area contributed by atoms with Crippen LogP contribution in [0.3, 0.4) is 0 Å². The van der Waals surface area contributed by atoms with E-state index >= 15 is 0 Å². The van der Waals surface area contributed by atoms with Gasteiger partial charge in [-0.15, -0.1) is 0 Å². The van der Waals surface area contributed by atoms with E-state index in [4.69, 9.17) is 0 Å². The van der Waals surface area contributed by atoms with Gasteiger partial charge in [-0.05, 0) is 43.4 Å². The number of amides is 1. The minimum absolute atomic E-state index is 0.298. The molecular weight excluding hydrogens is 150 g/mol. The molecule has 0 radical (unpaired) electrons. The second-order valence-electron chi connectivity index (χ2n) is 4.71. The first kappa shape index (κ1) is 6.93. The molecule has 1 saturated heterocycles. The Bertz CT molecular complexity index is 204. The first-order chi connectivity index (χ1) is 5.83. The molecule has 4 atom stereocenters. The normalized spacial score (nSPS) is 50.5. The van der Waals surface area contributed by atoms with Crippen molar-refractivity contribution in [2.24, 2.45) is 17.8 Å². The lowest BCUT2D eigenvalue weighted by Gasteiger charge is -2.45. The maximum atomic E-state index is 11.1. The van der Waals surface area contributed by atoms with Crippen molar-refractivity contribution < 1.29 is 4.79 Å². The topological polar surface area (TPSA) is 29.1 Å². The van der Waals surface area contributed by atoms with Gasteiger partial charge >= 0.3 is 0 Å². The molecule has 3 rings (SSSR count). The van der Waals surface area contributed by atoms with Gasteiger partial charge in [-0.25, -0.2) is 0 Å². The number of carbonyl (C=O) groups is 1. The molecule has 2 saturated carbocycles. The third-order valence-electron chi connectivity index (χ3n) is 4.10. The van der Waals surface area contributed by atoms with Crippen LogP contribution in [-0.2, 0) is 4.79 Å². The van der Waals surface area contributed by atoms with Crippen LogP contribution in [0.5, 0.6) is 0 Å². The lowest BCUT2D eigenvalue weighted by atomic mass is 9.61. The summed E-state index contributed by atoms with van der Waals surface area (Å²) in [4.78, 5) is 11.1. The predicted octanol–water partition coefficient (Wildman–Crippen LogP) is 1.31. The monoisotopic (exact) mass is 165 g/mol. The summed E-state index contributed by atoms with van der Waals surface area (Å²) in [5.41, 5.74) is 0. The van der Waals surface area contributed by atoms with E-state index in [2.05, 4.69) is 5.32 Å². The van der Waals surface area contributed by atoms with Gasteiger partial charge in [0.05, 0.1) is 0 Å². The van der Waals surface area contributed by atoms with Crippen LogP contribution in [0.25, 0.3) is 0 Å². The summed E-state index contributed by atoms with van der Waals surface area (Å²) >= 11 is 0. The van der Waals surface area contributed by atoms with E-state index in [1.807, 2.05) is 0 Å². The highest BCUT2D eigenvalue weighted by molar-refractivity contribution is 5.79. The molecule has 66 valence electrons. The van der Waals surface area contributed by atoms with Crippen LogP contribution in [0.15, 0.2) is 0 Å². The molecule has 0 aromatic heterocycles. The second-order valence-corrected chi connectivity index (χ2v) is 4.71. The largest absolute Gasteiger partial charge is 0.353 e. The number of nitrogens with one attached hydrogen (secondary N) is 1. The van der Waals surface area contributed by atoms with Gasteiger partial charge in [0.15, 0.2) is 0 Å². The third kappa shape index (κ3) is 0.838. The number of rotatable bonds is 0. The highest BCUT2D eigenvalue weighted by Crippen LogP contribution is 2.48. The summed E-state index contributed by atoms with van der Waals surface area (Å²) in [7, 11) is 0. The average molecular weight is 165 g/mol. The van der Waals surface area contributed by atoms with Gasteiger partial charge in [-0.2, -0.15) is 0 Å². The van der Waals surface area contributed by atoms with Crippen LogP contribution >= 0.6 is 0 Å². The Balaban J connectivity index is 1.76.